The molecular weight excluding hydrogens is 134 g/mol. The summed E-state index contributed by atoms with van der Waals surface area (Å²) < 4.78 is 0. The number of hydrogen-bond acceptors (Lipinski definition) is 1. The normalized spacial score (nSPS) is 17.0. The summed E-state index contributed by atoms with van der Waals surface area (Å²) in [5.41, 5.74) is 7.22. The van der Waals surface area contributed by atoms with Crippen LogP contribution in [0.3, 0.4) is 0 Å². The van der Waals surface area contributed by atoms with Gasteiger partial charge in [0.05, 0.1) is 0 Å². The Balaban J connectivity index is 2.10. The molecule has 0 radical (unpaired) electrons. The van der Waals surface area contributed by atoms with Crippen molar-refractivity contribution in [2.24, 2.45) is 5.73 Å². The first kappa shape index (κ1) is 8.28. The highest BCUT2D eigenvalue weighted by atomic mass is 14.6. The zero-order chi connectivity index (χ0) is 8.10. The standard InChI is InChI=1S/C10H15N/c1-2-3-7-10(11)8-9-5-4-6-9/h2,4-6,10H,1,3,7-8,11H2. The van der Waals surface area contributed by atoms with Crippen molar-refractivity contribution >= 4 is 0 Å². The Kier molecular flexibility index (Phi) is 3.12. The zero-order valence-corrected chi connectivity index (χ0v) is 6.79. The highest BCUT2D eigenvalue weighted by Gasteiger charge is 2.05. The molecule has 1 aliphatic carbocycles. The van der Waals surface area contributed by atoms with Gasteiger partial charge in [-0.1, -0.05) is 24.3 Å². The molecule has 0 saturated carbocycles. The molecule has 11 heavy (non-hydrogen) atoms. The summed E-state index contributed by atoms with van der Waals surface area (Å²) in [6.45, 7) is 3.66. The van der Waals surface area contributed by atoms with E-state index in [4.69, 9.17) is 5.73 Å². The highest BCUT2D eigenvalue weighted by Crippen LogP contribution is 2.15. The van der Waals surface area contributed by atoms with Crippen LogP contribution in [0.15, 0.2) is 36.5 Å². The average Bonchev–Trinajstić information content (AvgIpc) is 1.93. The molecule has 0 bridgehead atoms. The third kappa shape index (κ3) is 2.72. The fourth-order valence-corrected chi connectivity index (χ4v) is 1.11. The molecular formula is C10H15N. The van der Waals surface area contributed by atoms with Gasteiger partial charge in [0.15, 0.2) is 0 Å². The molecule has 60 valence electrons. The molecule has 0 heterocycles. The maximum atomic E-state index is 5.85. The Morgan fingerprint density at radius 2 is 2.36 bits per heavy atom. The third-order valence-electron chi connectivity index (χ3n) is 1.86. The quantitative estimate of drug-likeness (QED) is 0.596. The average molecular weight is 149 g/mol. The van der Waals surface area contributed by atoms with E-state index >= 15 is 0 Å². The molecule has 1 rings (SSSR count). The Bertz CT molecular complexity index is 189. The van der Waals surface area contributed by atoms with Crippen LogP contribution in [-0.2, 0) is 0 Å². The topological polar surface area (TPSA) is 26.0 Å². The molecule has 1 nitrogen and oxygen atoms in total. The SMILES string of the molecule is C=CCCC(N)CC1=CC=C1. The van der Waals surface area contributed by atoms with E-state index in [-0.39, 0.29) is 0 Å². The van der Waals surface area contributed by atoms with Crippen LogP contribution in [0.25, 0.3) is 0 Å². The van der Waals surface area contributed by atoms with Crippen LogP contribution in [-0.4, -0.2) is 6.04 Å². The first-order valence-corrected chi connectivity index (χ1v) is 4.06. The maximum absolute atomic E-state index is 5.85. The van der Waals surface area contributed by atoms with E-state index in [1.807, 2.05) is 6.08 Å². The molecule has 0 aromatic heterocycles. The van der Waals surface area contributed by atoms with E-state index in [1.165, 1.54) is 5.57 Å². The van der Waals surface area contributed by atoms with E-state index in [0.29, 0.717) is 6.04 Å². The van der Waals surface area contributed by atoms with Crippen molar-refractivity contribution in [3.63, 3.8) is 0 Å². The van der Waals surface area contributed by atoms with E-state index < -0.39 is 0 Å². The van der Waals surface area contributed by atoms with E-state index in [9.17, 15) is 0 Å². The van der Waals surface area contributed by atoms with Crippen LogP contribution < -0.4 is 5.73 Å². The summed E-state index contributed by atoms with van der Waals surface area (Å²) in [4.78, 5) is 0. The molecule has 1 atom stereocenters. The summed E-state index contributed by atoms with van der Waals surface area (Å²) in [5.74, 6) is 0. The van der Waals surface area contributed by atoms with E-state index in [2.05, 4.69) is 24.8 Å². The van der Waals surface area contributed by atoms with Crippen molar-refractivity contribution in [2.75, 3.05) is 0 Å². The fourth-order valence-electron chi connectivity index (χ4n) is 1.11. The number of nitrogens with two attached hydrogens (primary N) is 1. The van der Waals surface area contributed by atoms with Gasteiger partial charge in [0.1, 0.15) is 0 Å². The lowest BCUT2D eigenvalue weighted by Gasteiger charge is -2.13. The van der Waals surface area contributed by atoms with Gasteiger partial charge in [0.2, 0.25) is 0 Å². The Morgan fingerprint density at radius 3 is 2.82 bits per heavy atom. The second kappa shape index (κ2) is 4.14. The van der Waals surface area contributed by atoms with Gasteiger partial charge in [0, 0.05) is 6.04 Å². The van der Waals surface area contributed by atoms with Gasteiger partial charge in [-0.15, -0.1) is 6.58 Å². The summed E-state index contributed by atoms with van der Waals surface area (Å²) in [6.07, 6.45) is 11.3. The molecule has 1 heteroatoms. The summed E-state index contributed by atoms with van der Waals surface area (Å²) >= 11 is 0. The van der Waals surface area contributed by atoms with Gasteiger partial charge < -0.3 is 5.73 Å². The lowest BCUT2D eigenvalue weighted by atomic mass is 9.98. The van der Waals surface area contributed by atoms with E-state index in [0.717, 1.165) is 19.3 Å². The van der Waals surface area contributed by atoms with Crippen LogP contribution in [0.4, 0.5) is 0 Å². The molecule has 0 aromatic carbocycles. The van der Waals surface area contributed by atoms with Crippen LogP contribution in [0.2, 0.25) is 0 Å². The number of allylic oxidation sites excluding steroid dienone is 4. The second-order valence-electron chi connectivity index (χ2n) is 2.93. The first-order valence-electron chi connectivity index (χ1n) is 4.06. The first-order chi connectivity index (χ1) is 5.33. The van der Waals surface area contributed by atoms with Crippen LogP contribution in [0, 0.1) is 0 Å². The summed E-state index contributed by atoms with van der Waals surface area (Å²) in [7, 11) is 0. The summed E-state index contributed by atoms with van der Waals surface area (Å²) in [5, 5.41) is 0. The molecule has 1 unspecified atom stereocenters. The molecule has 0 amide bonds. The van der Waals surface area contributed by atoms with Crippen molar-refractivity contribution in [3.8, 4) is 0 Å². The van der Waals surface area contributed by atoms with Gasteiger partial charge in [-0.3, -0.25) is 0 Å². The predicted molar refractivity (Wildman–Crippen MR) is 49.2 cm³/mol. The minimum absolute atomic E-state index is 0.309. The molecule has 1 aliphatic rings. The van der Waals surface area contributed by atoms with Crippen molar-refractivity contribution < 1.29 is 0 Å². The lowest BCUT2D eigenvalue weighted by molar-refractivity contribution is 0.618. The van der Waals surface area contributed by atoms with Gasteiger partial charge in [-0.25, -0.2) is 0 Å². The maximum Gasteiger partial charge on any atom is 0.00822 e. The van der Waals surface area contributed by atoms with Crippen molar-refractivity contribution in [3.05, 3.63) is 36.5 Å². The fraction of sp³-hybridized carbons (Fsp3) is 0.400. The van der Waals surface area contributed by atoms with Crippen LogP contribution >= 0.6 is 0 Å². The van der Waals surface area contributed by atoms with Crippen molar-refractivity contribution in [1.29, 1.82) is 0 Å². The van der Waals surface area contributed by atoms with E-state index in [1.54, 1.807) is 0 Å². The smallest absolute Gasteiger partial charge is 0.00822 e. The van der Waals surface area contributed by atoms with Crippen LogP contribution in [0.5, 0.6) is 0 Å². The number of rotatable bonds is 5. The van der Waals surface area contributed by atoms with Crippen molar-refractivity contribution in [2.45, 2.75) is 25.3 Å². The van der Waals surface area contributed by atoms with Gasteiger partial charge in [-0.05, 0) is 24.8 Å². The third-order valence-corrected chi connectivity index (χ3v) is 1.86. The predicted octanol–water partition coefficient (Wildman–Crippen LogP) is 2.17. The van der Waals surface area contributed by atoms with Gasteiger partial charge in [-0.2, -0.15) is 0 Å². The van der Waals surface area contributed by atoms with Crippen molar-refractivity contribution in [1.82, 2.24) is 0 Å². The minimum atomic E-state index is 0.309. The molecule has 0 aromatic rings. The Labute approximate surface area is 68.3 Å². The largest absolute Gasteiger partial charge is 0.327 e. The molecule has 2 N–H and O–H groups in total. The highest BCUT2D eigenvalue weighted by molar-refractivity contribution is 5.35. The molecule has 0 aliphatic heterocycles. The molecule has 0 fully saturated rings. The molecule has 0 saturated heterocycles. The Morgan fingerprint density at radius 1 is 1.64 bits per heavy atom. The van der Waals surface area contributed by atoms with Crippen LogP contribution in [0.1, 0.15) is 19.3 Å². The molecule has 0 spiro atoms. The van der Waals surface area contributed by atoms with Gasteiger partial charge >= 0.3 is 0 Å². The monoisotopic (exact) mass is 149 g/mol. The van der Waals surface area contributed by atoms with Gasteiger partial charge in [0.25, 0.3) is 0 Å². The minimum Gasteiger partial charge on any atom is -0.327 e. The lowest BCUT2D eigenvalue weighted by Crippen LogP contribution is -2.20. The second-order valence-corrected chi connectivity index (χ2v) is 2.93. The Hall–Kier alpha value is -0.820. The summed E-state index contributed by atoms with van der Waals surface area (Å²) in [6, 6.07) is 0.309. The zero-order valence-electron chi connectivity index (χ0n) is 6.79. The number of hydrogen-bond donors (Lipinski definition) is 1.